The molecule has 0 spiro atoms. The molecule has 0 aromatic rings. The lowest BCUT2D eigenvalue weighted by molar-refractivity contribution is -0.152. The van der Waals surface area contributed by atoms with Gasteiger partial charge in [-0.15, -0.1) is 0 Å². The third kappa shape index (κ3) is 30.3. The van der Waals surface area contributed by atoms with Crippen molar-refractivity contribution in [2.24, 2.45) is 5.92 Å². The lowest BCUT2D eigenvalue weighted by Crippen LogP contribution is -2.25. The van der Waals surface area contributed by atoms with Crippen LogP contribution in [0.4, 0.5) is 0 Å². The Bertz CT molecular complexity index is 778. The van der Waals surface area contributed by atoms with E-state index in [4.69, 9.17) is 9.47 Å². The quantitative estimate of drug-likeness (QED) is 0.0469. The smallest absolute Gasteiger partial charge is 0.305 e. The number of aliphatic hydroxyl groups is 2. The van der Waals surface area contributed by atoms with E-state index in [9.17, 15) is 19.8 Å². The predicted molar refractivity (Wildman–Crippen MR) is 169 cm³/mol. The number of hydrogen-bond donors (Lipinski definition) is 2. The number of rotatable bonds is 26. The monoisotopic (exact) mass is 574 g/mol. The van der Waals surface area contributed by atoms with Crippen molar-refractivity contribution in [3.63, 3.8) is 0 Å². The topological polar surface area (TPSA) is 93.1 Å². The van der Waals surface area contributed by atoms with Crippen LogP contribution in [0.15, 0.2) is 60.8 Å². The second-order valence-electron chi connectivity index (χ2n) is 10.9. The molecule has 0 fully saturated rings. The van der Waals surface area contributed by atoms with E-state index in [2.05, 4.69) is 44.2 Å². The van der Waals surface area contributed by atoms with Crippen molar-refractivity contribution >= 4 is 11.9 Å². The molecule has 0 rings (SSSR count). The van der Waals surface area contributed by atoms with Crippen LogP contribution in [-0.2, 0) is 19.1 Å². The number of unbranched alkanes of at least 4 members (excludes halogenated alkanes) is 6. The molecule has 2 N–H and O–H groups in total. The maximum atomic E-state index is 11.9. The highest BCUT2D eigenvalue weighted by molar-refractivity contribution is 5.69. The van der Waals surface area contributed by atoms with E-state index in [1.165, 1.54) is 25.7 Å². The van der Waals surface area contributed by atoms with Gasteiger partial charge in [-0.25, -0.2) is 0 Å². The summed E-state index contributed by atoms with van der Waals surface area (Å²) in [4.78, 5) is 23.7. The van der Waals surface area contributed by atoms with Crippen LogP contribution in [0.2, 0.25) is 0 Å². The summed E-state index contributed by atoms with van der Waals surface area (Å²) in [5.41, 5.74) is 0. The number of carbonyl (C=O) groups is 2. The van der Waals surface area contributed by atoms with Crippen LogP contribution in [0.1, 0.15) is 117 Å². The summed E-state index contributed by atoms with van der Waals surface area (Å²) in [5, 5.41) is 19.6. The Kier molecular flexibility index (Phi) is 27.3. The van der Waals surface area contributed by atoms with Crippen molar-refractivity contribution in [3.05, 3.63) is 60.8 Å². The van der Waals surface area contributed by atoms with Crippen molar-refractivity contribution in [2.45, 2.75) is 129 Å². The first kappa shape index (κ1) is 38.6. The first-order valence-electron chi connectivity index (χ1n) is 15.8. The largest absolute Gasteiger partial charge is 0.463 e. The summed E-state index contributed by atoms with van der Waals surface area (Å²) in [6.07, 6.45) is 32.0. The Hall–Kier alpha value is -2.44. The van der Waals surface area contributed by atoms with Crippen LogP contribution in [0, 0.1) is 5.92 Å². The fourth-order valence-corrected chi connectivity index (χ4v) is 3.85. The van der Waals surface area contributed by atoms with Gasteiger partial charge in [0.05, 0.1) is 6.10 Å². The van der Waals surface area contributed by atoms with E-state index in [0.717, 1.165) is 50.9 Å². The standard InChI is InChI=1S/C35H58O6/c1-4-5-25-32(36)26-21-17-12-10-8-6-7-9-11-13-18-22-27-34(38)40-29-33(37)30-41-35(39)28-23-19-15-14-16-20-24-31(2)3/h5-7,10-13,17,21,25,31-33,36-37H,4,8-9,14-16,18-20,22-24,26-30H2,1-3H3/b7-6-,12-10-,13-11-,21-17+,25-5-/t32?,33-/m0/s1. The SMILES string of the molecule is CC/C=C\C(O)C/C=C/C=C\C/C=C\C/C=C\CCCC(=O)OC[C@H](O)COC(=O)CCCCCCCCC(C)C. The van der Waals surface area contributed by atoms with Crippen molar-refractivity contribution < 1.29 is 29.3 Å². The Morgan fingerprint density at radius 1 is 0.683 bits per heavy atom. The molecule has 6 heteroatoms. The molecule has 0 saturated heterocycles. The fourth-order valence-electron chi connectivity index (χ4n) is 3.85. The molecule has 0 heterocycles. The van der Waals surface area contributed by atoms with Gasteiger partial charge in [0, 0.05) is 12.8 Å². The van der Waals surface area contributed by atoms with Crippen molar-refractivity contribution in [2.75, 3.05) is 13.2 Å². The average molecular weight is 575 g/mol. The zero-order chi connectivity index (χ0) is 30.4. The zero-order valence-electron chi connectivity index (χ0n) is 26.1. The second-order valence-corrected chi connectivity index (χ2v) is 10.9. The van der Waals surface area contributed by atoms with Gasteiger partial charge in [-0.3, -0.25) is 9.59 Å². The molecule has 0 aromatic heterocycles. The normalized spacial score (nSPS) is 13.9. The maximum absolute atomic E-state index is 11.9. The molecule has 41 heavy (non-hydrogen) atoms. The number of carbonyl (C=O) groups excluding carboxylic acids is 2. The predicted octanol–water partition coefficient (Wildman–Crippen LogP) is 8.10. The third-order valence-electron chi connectivity index (χ3n) is 6.27. The van der Waals surface area contributed by atoms with Gasteiger partial charge in [-0.1, -0.05) is 120 Å². The molecule has 1 unspecified atom stereocenters. The van der Waals surface area contributed by atoms with E-state index in [-0.39, 0.29) is 31.6 Å². The summed E-state index contributed by atoms with van der Waals surface area (Å²) in [5.74, 6) is 0.0994. The molecule has 2 atom stereocenters. The minimum absolute atomic E-state index is 0.148. The first-order chi connectivity index (χ1) is 19.8. The Labute approximate surface area is 250 Å². The van der Waals surface area contributed by atoms with E-state index < -0.39 is 12.2 Å². The van der Waals surface area contributed by atoms with Crippen LogP contribution in [-0.4, -0.2) is 47.6 Å². The highest BCUT2D eigenvalue weighted by Gasteiger charge is 2.11. The zero-order valence-corrected chi connectivity index (χ0v) is 26.1. The molecular formula is C35H58O6. The van der Waals surface area contributed by atoms with Gasteiger partial charge in [0.25, 0.3) is 0 Å². The molecule has 0 aromatic carbocycles. The molecule has 0 radical (unpaired) electrons. The second kappa shape index (κ2) is 29.1. The molecule has 0 amide bonds. The molecule has 0 aliphatic heterocycles. The van der Waals surface area contributed by atoms with Crippen LogP contribution in [0.3, 0.4) is 0 Å². The maximum Gasteiger partial charge on any atom is 0.305 e. The van der Waals surface area contributed by atoms with Gasteiger partial charge >= 0.3 is 11.9 Å². The molecule has 0 aliphatic carbocycles. The Morgan fingerprint density at radius 2 is 1.24 bits per heavy atom. The minimum atomic E-state index is -0.998. The van der Waals surface area contributed by atoms with Crippen LogP contribution < -0.4 is 0 Å². The highest BCUT2D eigenvalue weighted by atomic mass is 16.6. The van der Waals surface area contributed by atoms with E-state index >= 15 is 0 Å². The lowest BCUT2D eigenvalue weighted by Gasteiger charge is -2.12. The highest BCUT2D eigenvalue weighted by Crippen LogP contribution is 2.12. The fraction of sp³-hybridized carbons (Fsp3) is 0.657. The molecule has 0 bridgehead atoms. The van der Waals surface area contributed by atoms with Gasteiger partial charge in [0.1, 0.15) is 19.3 Å². The molecule has 6 nitrogen and oxygen atoms in total. The van der Waals surface area contributed by atoms with E-state index in [1.54, 1.807) is 0 Å². The first-order valence-corrected chi connectivity index (χ1v) is 15.8. The number of allylic oxidation sites excluding steroid dienone is 8. The molecule has 0 aliphatic rings. The average Bonchev–Trinajstić information content (AvgIpc) is 2.95. The van der Waals surface area contributed by atoms with Crippen LogP contribution >= 0.6 is 0 Å². The van der Waals surface area contributed by atoms with Gasteiger partial charge in [0.15, 0.2) is 0 Å². The van der Waals surface area contributed by atoms with Crippen molar-refractivity contribution in [1.82, 2.24) is 0 Å². The van der Waals surface area contributed by atoms with Gasteiger partial charge in [0.2, 0.25) is 0 Å². The third-order valence-corrected chi connectivity index (χ3v) is 6.27. The summed E-state index contributed by atoms with van der Waals surface area (Å²) in [6.45, 7) is 6.23. The van der Waals surface area contributed by atoms with E-state index in [1.807, 2.05) is 37.3 Å². The number of esters is 2. The Morgan fingerprint density at radius 3 is 1.90 bits per heavy atom. The molecule has 0 saturated carbocycles. The van der Waals surface area contributed by atoms with E-state index in [0.29, 0.717) is 19.3 Å². The molecular weight excluding hydrogens is 516 g/mol. The van der Waals surface area contributed by atoms with Crippen molar-refractivity contribution in [3.8, 4) is 0 Å². The summed E-state index contributed by atoms with van der Waals surface area (Å²) in [7, 11) is 0. The minimum Gasteiger partial charge on any atom is -0.463 e. The van der Waals surface area contributed by atoms with Gasteiger partial charge < -0.3 is 19.7 Å². The molecule has 234 valence electrons. The van der Waals surface area contributed by atoms with Crippen molar-refractivity contribution in [1.29, 1.82) is 0 Å². The van der Waals surface area contributed by atoms with Gasteiger partial charge in [-0.05, 0) is 50.9 Å². The summed E-state index contributed by atoms with van der Waals surface area (Å²) in [6, 6.07) is 0. The van der Waals surface area contributed by atoms with Crippen LogP contribution in [0.5, 0.6) is 0 Å². The van der Waals surface area contributed by atoms with Gasteiger partial charge in [-0.2, -0.15) is 0 Å². The summed E-state index contributed by atoms with van der Waals surface area (Å²) < 4.78 is 10.2. The summed E-state index contributed by atoms with van der Waals surface area (Å²) >= 11 is 0. The van der Waals surface area contributed by atoms with Crippen LogP contribution in [0.25, 0.3) is 0 Å². The number of aliphatic hydroxyl groups excluding tert-OH is 2. The number of ether oxygens (including phenoxy) is 2. The lowest BCUT2D eigenvalue weighted by atomic mass is 10.0. The Balaban J connectivity index is 3.67. The number of hydrogen-bond acceptors (Lipinski definition) is 6.